The summed E-state index contributed by atoms with van der Waals surface area (Å²) < 4.78 is 0. The number of amides is 1. The van der Waals surface area contributed by atoms with Crippen LogP contribution < -0.4 is 5.73 Å². The van der Waals surface area contributed by atoms with E-state index in [2.05, 4.69) is 9.80 Å². The standard InChI is InChI=1S/C18H27N3O/c19-18(22)17(15-7-3-1-4-8-15)21-13-9-16(10-14-21)20-11-5-2-6-12-20/h1,3-4,7-8,16-17H,2,5-6,9-14H2,(H2,19,22)/t17-/m1/s1. The number of hydrogen-bond donors (Lipinski definition) is 1. The second-order valence-electron chi connectivity index (χ2n) is 6.58. The highest BCUT2D eigenvalue weighted by Gasteiger charge is 2.31. The van der Waals surface area contributed by atoms with Crippen molar-refractivity contribution in [1.82, 2.24) is 9.80 Å². The van der Waals surface area contributed by atoms with E-state index in [1.165, 1.54) is 32.4 Å². The lowest BCUT2D eigenvalue weighted by Gasteiger charge is -2.42. The SMILES string of the molecule is NC(=O)[C@@H](c1ccccc1)N1CCC(N2CCCCC2)CC1. The van der Waals surface area contributed by atoms with Gasteiger partial charge in [-0.05, 0) is 44.3 Å². The molecule has 2 heterocycles. The van der Waals surface area contributed by atoms with Crippen LogP contribution in [0.5, 0.6) is 0 Å². The van der Waals surface area contributed by atoms with Gasteiger partial charge in [-0.3, -0.25) is 9.69 Å². The number of hydrogen-bond acceptors (Lipinski definition) is 3. The molecule has 0 saturated carbocycles. The van der Waals surface area contributed by atoms with E-state index in [-0.39, 0.29) is 11.9 Å². The number of carbonyl (C=O) groups excluding carboxylic acids is 1. The van der Waals surface area contributed by atoms with Crippen LogP contribution in [0.25, 0.3) is 0 Å². The number of nitrogens with zero attached hydrogens (tertiary/aromatic N) is 2. The quantitative estimate of drug-likeness (QED) is 0.927. The Hall–Kier alpha value is -1.39. The number of rotatable bonds is 4. The second kappa shape index (κ2) is 7.25. The summed E-state index contributed by atoms with van der Waals surface area (Å²) in [5.74, 6) is -0.234. The van der Waals surface area contributed by atoms with E-state index in [1.54, 1.807) is 0 Å². The van der Waals surface area contributed by atoms with E-state index in [4.69, 9.17) is 5.73 Å². The summed E-state index contributed by atoms with van der Waals surface area (Å²) in [5.41, 5.74) is 6.71. The molecule has 2 fully saturated rings. The Labute approximate surface area is 133 Å². The smallest absolute Gasteiger partial charge is 0.239 e. The number of carbonyl (C=O) groups is 1. The average molecular weight is 301 g/mol. The summed E-state index contributed by atoms with van der Waals surface area (Å²) in [7, 11) is 0. The van der Waals surface area contributed by atoms with Gasteiger partial charge in [-0.25, -0.2) is 0 Å². The first kappa shape index (κ1) is 15.5. The molecular weight excluding hydrogens is 274 g/mol. The van der Waals surface area contributed by atoms with Crippen molar-refractivity contribution in [2.45, 2.75) is 44.2 Å². The molecule has 0 aromatic heterocycles. The Kier molecular flexibility index (Phi) is 5.11. The fourth-order valence-corrected chi connectivity index (χ4v) is 3.98. The fraction of sp³-hybridized carbons (Fsp3) is 0.611. The van der Waals surface area contributed by atoms with Gasteiger partial charge in [0, 0.05) is 19.1 Å². The first-order chi connectivity index (χ1) is 10.8. The molecule has 120 valence electrons. The van der Waals surface area contributed by atoms with Gasteiger partial charge in [0.05, 0.1) is 0 Å². The summed E-state index contributed by atoms with van der Waals surface area (Å²) >= 11 is 0. The maximum absolute atomic E-state index is 12.0. The first-order valence-electron chi connectivity index (χ1n) is 8.58. The third-order valence-electron chi connectivity index (χ3n) is 5.16. The molecule has 1 aromatic rings. The lowest BCUT2D eigenvalue weighted by Crippen LogP contribution is -2.49. The molecule has 2 N–H and O–H groups in total. The highest BCUT2D eigenvalue weighted by atomic mass is 16.1. The van der Waals surface area contributed by atoms with E-state index < -0.39 is 0 Å². The van der Waals surface area contributed by atoms with E-state index in [9.17, 15) is 4.79 Å². The summed E-state index contributed by atoms with van der Waals surface area (Å²) in [6.45, 7) is 4.43. The molecule has 0 radical (unpaired) electrons. The summed E-state index contributed by atoms with van der Waals surface area (Å²) in [5, 5.41) is 0. The van der Waals surface area contributed by atoms with Gasteiger partial charge in [0.15, 0.2) is 0 Å². The van der Waals surface area contributed by atoms with Crippen LogP contribution in [0.15, 0.2) is 30.3 Å². The highest BCUT2D eigenvalue weighted by molar-refractivity contribution is 5.81. The van der Waals surface area contributed by atoms with Crippen molar-refractivity contribution in [1.29, 1.82) is 0 Å². The Balaban J connectivity index is 1.62. The third kappa shape index (κ3) is 3.50. The van der Waals surface area contributed by atoms with Crippen molar-refractivity contribution in [3.8, 4) is 0 Å². The average Bonchev–Trinajstić information content (AvgIpc) is 2.57. The van der Waals surface area contributed by atoms with Crippen LogP contribution in [0.3, 0.4) is 0 Å². The molecular formula is C18H27N3O. The van der Waals surface area contributed by atoms with E-state index >= 15 is 0 Å². The lowest BCUT2D eigenvalue weighted by atomic mass is 9.96. The minimum atomic E-state index is -0.275. The zero-order valence-corrected chi connectivity index (χ0v) is 13.3. The maximum Gasteiger partial charge on any atom is 0.239 e. The van der Waals surface area contributed by atoms with Gasteiger partial charge in [0.1, 0.15) is 6.04 Å². The van der Waals surface area contributed by atoms with Gasteiger partial charge >= 0.3 is 0 Å². The molecule has 1 atom stereocenters. The van der Waals surface area contributed by atoms with Gasteiger partial charge < -0.3 is 10.6 Å². The van der Waals surface area contributed by atoms with Gasteiger partial charge in [-0.2, -0.15) is 0 Å². The minimum Gasteiger partial charge on any atom is -0.368 e. The van der Waals surface area contributed by atoms with Crippen molar-refractivity contribution >= 4 is 5.91 Å². The fourth-order valence-electron chi connectivity index (χ4n) is 3.98. The first-order valence-corrected chi connectivity index (χ1v) is 8.58. The number of benzene rings is 1. The number of piperidine rings is 2. The Bertz CT molecular complexity index is 476. The predicted molar refractivity (Wildman–Crippen MR) is 88.4 cm³/mol. The largest absolute Gasteiger partial charge is 0.368 e. The van der Waals surface area contributed by atoms with Crippen LogP contribution in [-0.4, -0.2) is 47.9 Å². The Morgan fingerprint density at radius 3 is 2.23 bits per heavy atom. The molecule has 4 heteroatoms. The monoisotopic (exact) mass is 301 g/mol. The molecule has 4 nitrogen and oxygen atoms in total. The molecule has 2 aliphatic rings. The summed E-state index contributed by atoms with van der Waals surface area (Å²) in [6.07, 6.45) is 6.36. The molecule has 1 aromatic carbocycles. The van der Waals surface area contributed by atoms with Crippen LogP contribution in [-0.2, 0) is 4.79 Å². The number of nitrogens with two attached hydrogens (primary N) is 1. The van der Waals surface area contributed by atoms with Crippen molar-refractivity contribution in [2.24, 2.45) is 5.73 Å². The van der Waals surface area contributed by atoms with Crippen molar-refractivity contribution in [3.05, 3.63) is 35.9 Å². The lowest BCUT2D eigenvalue weighted by molar-refractivity contribution is -0.124. The highest BCUT2D eigenvalue weighted by Crippen LogP contribution is 2.27. The normalized spacial score (nSPS) is 23.3. The number of primary amides is 1. The van der Waals surface area contributed by atoms with Crippen LogP contribution in [0.2, 0.25) is 0 Å². The number of likely N-dealkylation sites (tertiary alicyclic amines) is 2. The molecule has 3 rings (SSSR count). The molecule has 0 unspecified atom stereocenters. The van der Waals surface area contributed by atoms with E-state index in [0.29, 0.717) is 6.04 Å². The Morgan fingerprint density at radius 2 is 1.64 bits per heavy atom. The van der Waals surface area contributed by atoms with Gasteiger partial charge in [-0.1, -0.05) is 36.8 Å². The molecule has 1 amide bonds. The van der Waals surface area contributed by atoms with Crippen molar-refractivity contribution < 1.29 is 4.79 Å². The molecule has 22 heavy (non-hydrogen) atoms. The van der Waals surface area contributed by atoms with Gasteiger partial charge in [0.25, 0.3) is 0 Å². The molecule has 2 saturated heterocycles. The van der Waals surface area contributed by atoms with Crippen LogP contribution in [0, 0.1) is 0 Å². The van der Waals surface area contributed by atoms with Gasteiger partial charge in [-0.15, -0.1) is 0 Å². The van der Waals surface area contributed by atoms with Crippen molar-refractivity contribution in [3.63, 3.8) is 0 Å². The minimum absolute atomic E-state index is 0.234. The molecule has 0 aliphatic carbocycles. The molecule has 2 aliphatic heterocycles. The van der Waals surface area contributed by atoms with E-state index in [1.807, 2.05) is 30.3 Å². The zero-order valence-electron chi connectivity index (χ0n) is 13.3. The second-order valence-corrected chi connectivity index (χ2v) is 6.58. The van der Waals surface area contributed by atoms with Crippen LogP contribution >= 0.6 is 0 Å². The summed E-state index contributed by atoms with van der Waals surface area (Å²) in [6, 6.07) is 10.4. The van der Waals surface area contributed by atoms with Crippen molar-refractivity contribution in [2.75, 3.05) is 26.2 Å². The maximum atomic E-state index is 12.0. The predicted octanol–water partition coefficient (Wildman–Crippen LogP) is 2.16. The zero-order chi connectivity index (χ0) is 15.4. The van der Waals surface area contributed by atoms with Gasteiger partial charge in [0.2, 0.25) is 5.91 Å². The topological polar surface area (TPSA) is 49.6 Å². The van der Waals surface area contributed by atoms with Crippen LogP contribution in [0.4, 0.5) is 0 Å². The third-order valence-corrected chi connectivity index (χ3v) is 5.16. The summed E-state index contributed by atoms with van der Waals surface area (Å²) in [4.78, 5) is 16.9. The molecule has 0 spiro atoms. The van der Waals surface area contributed by atoms with E-state index in [0.717, 1.165) is 31.5 Å². The van der Waals surface area contributed by atoms with Crippen LogP contribution in [0.1, 0.15) is 43.7 Å². The Morgan fingerprint density at radius 1 is 1.00 bits per heavy atom. The molecule has 0 bridgehead atoms.